The third-order valence-electron chi connectivity index (χ3n) is 13.9. The fourth-order valence-corrected chi connectivity index (χ4v) is 10.5. The molecule has 0 saturated heterocycles. The Morgan fingerprint density at radius 1 is 0.304 bits per heavy atom. The minimum absolute atomic E-state index is 0.107. The smallest absolute Gasteiger partial charge is 0.462 e. The lowest BCUT2D eigenvalue weighted by atomic mass is 10.1. The molecular weight excluding hydrogens is 1050 g/mol. The Hall–Kier alpha value is -1.94. The van der Waals surface area contributed by atoms with Crippen LogP contribution in [0.15, 0.2) is 0 Å². The van der Waals surface area contributed by atoms with Crippen molar-refractivity contribution >= 4 is 39.5 Å². The molecule has 0 aromatic rings. The Morgan fingerprint density at radius 3 is 0.747 bits per heavy atom. The van der Waals surface area contributed by atoms with Gasteiger partial charge in [0.15, 0.2) is 12.2 Å². The SMILES string of the molecule is CCCCCCCCCCCCC(=O)OC[C@H](COP(=O)(O)OC[C@@H](O)COP(=O)(O)OC[C@@H](COC(=O)CCCCCCCCCCC)OC(=O)CCCCCCCCCCCC)OC(=O)CCCCCCCCCCCC. The lowest BCUT2D eigenvalue weighted by Crippen LogP contribution is -2.30. The highest BCUT2D eigenvalue weighted by Gasteiger charge is 2.30. The van der Waals surface area contributed by atoms with E-state index in [4.69, 9.17) is 37.0 Å². The predicted molar refractivity (Wildman–Crippen MR) is 312 cm³/mol. The molecule has 0 aromatic heterocycles. The minimum Gasteiger partial charge on any atom is -0.462 e. The molecule has 0 rings (SSSR count). The number of carbonyl (C=O) groups is 4. The number of esters is 4. The summed E-state index contributed by atoms with van der Waals surface area (Å²) in [6.07, 6.45) is 38.8. The average molecular weight is 1170 g/mol. The van der Waals surface area contributed by atoms with Gasteiger partial charge in [0.05, 0.1) is 26.4 Å². The van der Waals surface area contributed by atoms with Crippen molar-refractivity contribution in [3.05, 3.63) is 0 Å². The molecule has 0 amide bonds. The van der Waals surface area contributed by atoms with Gasteiger partial charge in [0, 0.05) is 25.7 Å². The van der Waals surface area contributed by atoms with Crippen molar-refractivity contribution < 1.29 is 80.2 Å². The molecule has 79 heavy (non-hydrogen) atoms. The Balaban J connectivity index is 5.22. The Morgan fingerprint density at radius 2 is 0.506 bits per heavy atom. The maximum Gasteiger partial charge on any atom is 0.472 e. The molecule has 0 aliphatic heterocycles. The van der Waals surface area contributed by atoms with E-state index in [-0.39, 0.29) is 25.7 Å². The number of phosphoric acid groups is 2. The summed E-state index contributed by atoms with van der Waals surface area (Å²) >= 11 is 0. The molecule has 17 nitrogen and oxygen atoms in total. The van der Waals surface area contributed by atoms with E-state index in [1.807, 2.05) is 0 Å². The van der Waals surface area contributed by atoms with E-state index in [1.165, 1.54) is 135 Å². The van der Waals surface area contributed by atoms with Crippen LogP contribution in [-0.4, -0.2) is 96.7 Å². The zero-order chi connectivity index (χ0) is 58.3. The molecule has 468 valence electrons. The van der Waals surface area contributed by atoms with Crippen LogP contribution in [0.2, 0.25) is 0 Å². The van der Waals surface area contributed by atoms with Gasteiger partial charge in [-0.3, -0.25) is 37.3 Å². The lowest BCUT2D eigenvalue weighted by Gasteiger charge is -2.21. The average Bonchev–Trinajstić information content (AvgIpc) is 3.42. The maximum atomic E-state index is 12.9. The number of ether oxygens (including phenoxy) is 4. The first kappa shape index (κ1) is 77.1. The summed E-state index contributed by atoms with van der Waals surface area (Å²) in [6.45, 7) is 4.83. The van der Waals surface area contributed by atoms with Gasteiger partial charge in [-0.2, -0.15) is 0 Å². The first-order chi connectivity index (χ1) is 38.2. The summed E-state index contributed by atoms with van der Waals surface area (Å²) in [5.74, 6) is -2.14. The number of aliphatic hydroxyl groups is 1. The van der Waals surface area contributed by atoms with Gasteiger partial charge in [-0.1, -0.05) is 252 Å². The van der Waals surface area contributed by atoms with E-state index in [2.05, 4.69) is 27.7 Å². The second kappa shape index (κ2) is 55.3. The topological polar surface area (TPSA) is 237 Å². The lowest BCUT2D eigenvalue weighted by molar-refractivity contribution is -0.161. The van der Waals surface area contributed by atoms with Crippen molar-refractivity contribution in [3.63, 3.8) is 0 Å². The van der Waals surface area contributed by atoms with Crippen molar-refractivity contribution in [2.45, 2.75) is 322 Å². The van der Waals surface area contributed by atoms with Crippen LogP contribution in [0.3, 0.4) is 0 Å². The largest absolute Gasteiger partial charge is 0.472 e. The molecular formula is C60H116O17P2. The molecule has 0 aromatic carbocycles. The Bertz CT molecular complexity index is 1540. The van der Waals surface area contributed by atoms with Crippen molar-refractivity contribution in [1.82, 2.24) is 0 Å². The van der Waals surface area contributed by atoms with Crippen LogP contribution in [0.5, 0.6) is 0 Å². The molecule has 3 N–H and O–H groups in total. The quantitative estimate of drug-likeness (QED) is 0.0222. The van der Waals surface area contributed by atoms with Crippen LogP contribution >= 0.6 is 15.6 Å². The van der Waals surface area contributed by atoms with Gasteiger partial charge in [-0.15, -0.1) is 0 Å². The molecule has 0 saturated carbocycles. The van der Waals surface area contributed by atoms with Gasteiger partial charge in [0.1, 0.15) is 19.3 Å². The van der Waals surface area contributed by atoms with Gasteiger partial charge in [0.2, 0.25) is 0 Å². The number of hydrogen-bond donors (Lipinski definition) is 3. The third-order valence-corrected chi connectivity index (χ3v) is 15.8. The molecule has 5 atom stereocenters. The zero-order valence-corrected chi connectivity index (χ0v) is 52.1. The zero-order valence-electron chi connectivity index (χ0n) is 50.3. The number of unbranched alkanes of at least 4 members (excludes halogenated alkanes) is 35. The molecule has 0 spiro atoms. The van der Waals surface area contributed by atoms with E-state index >= 15 is 0 Å². The normalized spacial score (nSPS) is 14.3. The molecule has 0 aliphatic carbocycles. The van der Waals surface area contributed by atoms with Crippen LogP contribution in [0.25, 0.3) is 0 Å². The summed E-state index contributed by atoms with van der Waals surface area (Å²) in [4.78, 5) is 71.9. The Labute approximate surface area is 479 Å². The second-order valence-corrected chi connectivity index (χ2v) is 24.6. The van der Waals surface area contributed by atoms with E-state index < -0.39 is 97.5 Å². The molecule has 19 heteroatoms. The fourth-order valence-electron chi connectivity index (χ4n) is 8.93. The number of hydrogen-bond acceptors (Lipinski definition) is 15. The number of phosphoric ester groups is 2. The van der Waals surface area contributed by atoms with Gasteiger partial charge in [0.25, 0.3) is 0 Å². The van der Waals surface area contributed by atoms with Gasteiger partial charge >= 0.3 is 39.5 Å². The molecule has 0 bridgehead atoms. The van der Waals surface area contributed by atoms with E-state index in [0.717, 1.165) is 89.9 Å². The van der Waals surface area contributed by atoms with Crippen molar-refractivity contribution in [3.8, 4) is 0 Å². The maximum absolute atomic E-state index is 12.9. The van der Waals surface area contributed by atoms with Crippen LogP contribution < -0.4 is 0 Å². The summed E-state index contributed by atoms with van der Waals surface area (Å²) in [5.41, 5.74) is 0. The number of rotatable bonds is 61. The summed E-state index contributed by atoms with van der Waals surface area (Å²) in [5, 5.41) is 10.5. The number of aliphatic hydroxyl groups excluding tert-OH is 1. The summed E-state index contributed by atoms with van der Waals surface area (Å²) < 4.78 is 67.7. The first-order valence-electron chi connectivity index (χ1n) is 31.8. The predicted octanol–water partition coefficient (Wildman–Crippen LogP) is 16.4. The standard InChI is InChI=1S/C60H116O17P2/c1-5-9-13-17-21-25-29-33-37-41-45-58(63)71-51-56(77-60(65)47-43-39-35-31-27-23-19-15-11-7-3)53-75-79(68,69)73-49-54(61)48-72-78(66,67)74-52-55(50-70-57(62)44-40-36-32-28-24-20-16-12-8-4)76-59(64)46-42-38-34-30-26-22-18-14-10-6-2/h54-56,61H,5-53H2,1-4H3,(H,66,67)(H,68,69)/t54-,55+,56+/m0/s1. The highest BCUT2D eigenvalue weighted by atomic mass is 31.2. The van der Waals surface area contributed by atoms with Crippen molar-refractivity contribution in [2.24, 2.45) is 0 Å². The van der Waals surface area contributed by atoms with Crippen molar-refractivity contribution in [1.29, 1.82) is 0 Å². The monoisotopic (exact) mass is 1170 g/mol. The van der Waals surface area contributed by atoms with Crippen molar-refractivity contribution in [2.75, 3.05) is 39.6 Å². The van der Waals surface area contributed by atoms with E-state index in [0.29, 0.717) is 25.7 Å². The summed E-state index contributed by atoms with van der Waals surface area (Å²) in [6, 6.07) is 0. The van der Waals surface area contributed by atoms with Gasteiger partial charge in [-0.25, -0.2) is 9.13 Å². The van der Waals surface area contributed by atoms with Crippen LogP contribution in [0.1, 0.15) is 304 Å². The second-order valence-electron chi connectivity index (χ2n) is 21.7. The first-order valence-corrected chi connectivity index (χ1v) is 34.8. The van der Waals surface area contributed by atoms with E-state index in [9.17, 15) is 43.2 Å². The Kier molecular flexibility index (Phi) is 53.9. The molecule has 0 aliphatic rings. The molecule has 0 fully saturated rings. The fraction of sp³-hybridized carbons (Fsp3) is 0.933. The minimum atomic E-state index is -4.94. The molecule has 0 radical (unpaired) electrons. The highest BCUT2D eigenvalue weighted by Crippen LogP contribution is 2.45. The third kappa shape index (κ3) is 55.0. The van der Waals surface area contributed by atoms with Crippen LogP contribution in [-0.2, 0) is 65.4 Å². The highest BCUT2D eigenvalue weighted by molar-refractivity contribution is 7.47. The number of carbonyl (C=O) groups excluding carboxylic acids is 4. The van der Waals surface area contributed by atoms with Crippen LogP contribution in [0.4, 0.5) is 0 Å². The van der Waals surface area contributed by atoms with Crippen LogP contribution in [0, 0.1) is 0 Å². The van der Waals surface area contributed by atoms with E-state index in [1.54, 1.807) is 0 Å². The molecule has 2 unspecified atom stereocenters. The van der Waals surface area contributed by atoms with Gasteiger partial charge in [-0.05, 0) is 25.7 Å². The summed E-state index contributed by atoms with van der Waals surface area (Å²) in [7, 11) is -9.87. The molecule has 0 heterocycles. The van der Waals surface area contributed by atoms with Gasteiger partial charge < -0.3 is 33.8 Å².